The summed E-state index contributed by atoms with van der Waals surface area (Å²) < 4.78 is 0. The van der Waals surface area contributed by atoms with Crippen molar-refractivity contribution in [3.05, 3.63) is 59.4 Å². The molecule has 1 aromatic carbocycles. The Morgan fingerprint density at radius 3 is 2.65 bits per heavy atom. The highest BCUT2D eigenvalue weighted by Gasteiger charge is 2.24. The van der Waals surface area contributed by atoms with Gasteiger partial charge in [0.1, 0.15) is 0 Å². The summed E-state index contributed by atoms with van der Waals surface area (Å²) in [5.41, 5.74) is 2.38. The number of piperidine rings is 1. The van der Waals surface area contributed by atoms with Crippen LogP contribution < -0.4 is 16.0 Å². The zero-order valence-corrected chi connectivity index (χ0v) is 15.1. The molecule has 1 saturated heterocycles. The number of carbonyl (C=O) groups excluding carboxylic acids is 2. The summed E-state index contributed by atoms with van der Waals surface area (Å²) in [7, 11) is 0. The summed E-state index contributed by atoms with van der Waals surface area (Å²) in [6.45, 7) is 5.80. The van der Waals surface area contributed by atoms with Crippen LogP contribution >= 0.6 is 0 Å². The Labute approximate surface area is 153 Å². The molecule has 3 N–H and O–H groups in total. The lowest BCUT2D eigenvalue weighted by atomic mass is 9.94. The van der Waals surface area contributed by atoms with Crippen LogP contribution in [0.15, 0.2) is 42.7 Å². The fourth-order valence-corrected chi connectivity index (χ4v) is 3.19. The van der Waals surface area contributed by atoms with Gasteiger partial charge in [-0.05, 0) is 56.1 Å². The number of hydrogen-bond acceptors (Lipinski definition) is 4. The summed E-state index contributed by atoms with van der Waals surface area (Å²) in [5, 5.41) is 9.34. The monoisotopic (exact) mass is 352 g/mol. The van der Waals surface area contributed by atoms with Gasteiger partial charge in [-0.15, -0.1) is 0 Å². The number of nitrogens with one attached hydrogen (secondary N) is 3. The number of aromatic nitrogens is 1. The van der Waals surface area contributed by atoms with Crippen LogP contribution in [0.3, 0.4) is 0 Å². The van der Waals surface area contributed by atoms with Crippen LogP contribution in [0.5, 0.6) is 0 Å². The van der Waals surface area contributed by atoms with Gasteiger partial charge in [-0.1, -0.05) is 19.1 Å². The molecule has 0 saturated carbocycles. The Morgan fingerprint density at radius 1 is 1.15 bits per heavy atom. The van der Waals surface area contributed by atoms with Crippen molar-refractivity contribution in [2.45, 2.75) is 26.3 Å². The quantitative estimate of drug-likeness (QED) is 0.789. The molecule has 2 amide bonds. The first-order chi connectivity index (χ1) is 12.6. The summed E-state index contributed by atoms with van der Waals surface area (Å²) in [4.78, 5) is 29.3. The highest BCUT2D eigenvalue weighted by molar-refractivity contribution is 6.09. The fourth-order valence-electron chi connectivity index (χ4n) is 3.19. The molecule has 6 nitrogen and oxygen atoms in total. The van der Waals surface area contributed by atoms with Crippen LogP contribution in [0.1, 0.15) is 39.6 Å². The van der Waals surface area contributed by atoms with E-state index >= 15 is 0 Å². The topological polar surface area (TPSA) is 83.1 Å². The maximum atomic E-state index is 12.9. The molecule has 0 bridgehead atoms. The highest BCUT2D eigenvalue weighted by Crippen LogP contribution is 2.22. The van der Waals surface area contributed by atoms with Crippen LogP contribution in [0.2, 0.25) is 0 Å². The van der Waals surface area contributed by atoms with Crippen molar-refractivity contribution in [2.24, 2.45) is 5.92 Å². The first-order valence-electron chi connectivity index (χ1n) is 8.89. The Balaban J connectivity index is 1.80. The molecule has 1 aliphatic rings. The number of hydrogen-bond donors (Lipinski definition) is 3. The van der Waals surface area contributed by atoms with Gasteiger partial charge in [-0.25, -0.2) is 0 Å². The first kappa shape index (κ1) is 18.1. The second-order valence-corrected chi connectivity index (χ2v) is 6.74. The first-order valence-corrected chi connectivity index (χ1v) is 8.89. The minimum atomic E-state index is -0.258. The van der Waals surface area contributed by atoms with Gasteiger partial charge in [-0.2, -0.15) is 0 Å². The SMILES string of the molecule is Cc1cccc(C(=O)NC2CCNCC2C)c1NC(=O)c1ccncc1. The van der Waals surface area contributed by atoms with Crippen molar-refractivity contribution >= 4 is 17.5 Å². The van der Waals surface area contributed by atoms with Crippen molar-refractivity contribution in [3.8, 4) is 0 Å². The van der Waals surface area contributed by atoms with E-state index in [0.717, 1.165) is 25.1 Å². The molecule has 0 radical (unpaired) electrons. The summed E-state index contributed by atoms with van der Waals surface area (Å²) in [6, 6.07) is 8.88. The molecule has 1 aromatic heterocycles. The van der Waals surface area contributed by atoms with E-state index in [1.807, 2.05) is 19.1 Å². The molecule has 0 spiro atoms. The van der Waals surface area contributed by atoms with Crippen LogP contribution in [-0.2, 0) is 0 Å². The Hall–Kier alpha value is -2.73. The molecule has 2 heterocycles. The predicted molar refractivity (Wildman–Crippen MR) is 101 cm³/mol. The van der Waals surface area contributed by atoms with Crippen molar-refractivity contribution in [1.29, 1.82) is 0 Å². The molecule has 6 heteroatoms. The predicted octanol–water partition coefficient (Wildman–Crippen LogP) is 2.37. The van der Waals surface area contributed by atoms with Gasteiger partial charge in [0, 0.05) is 24.0 Å². The summed E-state index contributed by atoms with van der Waals surface area (Å²) >= 11 is 0. The Morgan fingerprint density at radius 2 is 1.92 bits per heavy atom. The molecular weight excluding hydrogens is 328 g/mol. The number of rotatable bonds is 4. The average Bonchev–Trinajstić information content (AvgIpc) is 2.65. The van der Waals surface area contributed by atoms with Gasteiger partial charge < -0.3 is 16.0 Å². The fraction of sp³-hybridized carbons (Fsp3) is 0.350. The second-order valence-electron chi connectivity index (χ2n) is 6.74. The summed E-state index contributed by atoms with van der Waals surface area (Å²) in [6.07, 6.45) is 4.04. The van der Waals surface area contributed by atoms with Crippen molar-refractivity contribution in [3.63, 3.8) is 0 Å². The molecule has 2 unspecified atom stereocenters. The number of anilines is 1. The molecule has 2 aromatic rings. The number of pyridine rings is 1. The molecule has 2 atom stereocenters. The Kier molecular flexibility index (Phi) is 5.63. The zero-order chi connectivity index (χ0) is 18.5. The number of amides is 2. The maximum Gasteiger partial charge on any atom is 0.255 e. The molecule has 3 rings (SSSR count). The van der Waals surface area contributed by atoms with Crippen LogP contribution in [-0.4, -0.2) is 35.9 Å². The van der Waals surface area contributed by atoms with Gasteiger partial charge in [0.15, 0.2) is 0 Å². The zero-order valence-electron chi connectivity index (χ0n) is 15.1. The van der Waals surface area contributed by atoms with E-state index in [0.29, 0.717) is 22.7 Å². The molecule has 136 valence electrons. The number of aryl methyl sites for hydroxylation is 1. The number of benzene rings is 1. The van der Waals surface area contributed by atoms with Gasteiger partial charge in [0.2, 0.25) is 0 Å². The molecule has 1 fully saturated rings. The van der Waals surface area contributed by atoms with Crippen molar-refractivity contribution < 1.29 is 9.59 Å². The van der Waals surface area contributed by atoms with Gasteiger partial charge in [0.05, 0.1) is 11.3 Å². The lowest BCUT2D eigenvalue weighted by molar-refractivity contribution is 0.0915. The third kappa shape index (κ3) is 4.08. The van der Waals surface area contributed by atoms with Crippen LogP contribution in [0, 0.1) is 12.8 Å². The molecule has 0 aliphatic carbocycles. The largest absolute Gasteiger partial charge is 0.349 e. The molecule has 26 heavy (non-hydrogen) atoms. The number of carbonyl (C=O) groups is 2. The number of para-hydroxylation sites is 1. The van der Waals surface area contributed by atoms with E-state index in [-0.39, 0.29) is 17.9 Å². The van der Waals surface area contributed by atoms with E-state index in [1.165, 1.54) is 0 Å². The van der Waals surface area contributed by atoms with Gasteiger partial charge in [-0.3, -0.25) is 14.6 Å². The molecule has 1 aliphatic heterocycles. The highest BCUT2D eigenvalue weighted by atomic mass is 16.2. The lowest BCUT2D eigenvalue weighted by Crippen LogP contribution is -2.48. The average molecular weight is 352 g/mol. The van der Waals surface area contributed by atoms with Gasteiger partial charge in [0.25, 0.3) is 11.8 Å². The third-order valence-corrected chi connectivity index (χ3v) is 4.80. The maximum absolute atomic E-state index is 12.9. The third-order valence-electron chi connectivity index (χ3n) is 4.80. The van der Waals surface area contributed by atoms with Gasteiger partial charge >= 0.3 is 0 Å². The Bertz CT molecular complexity index is 792. The van der Waals surface area contributed by atoms with Crippen molar-refractivity contribution in [1.82, 2.24) is 15.6 Å². The molecular formula is C20H24N4O2. The minimum Gasteiger partial charge on any atom is -0.349 e. The lowest BCUT2D eigenvalue weighted by Gasteiger charge is -2.30. The van der Waals surface area contributed by atoms with Crippen LogP contribution in [0.25, 0.3) is 0 Å². The van der Waals surface area contributed by atoms with Crippen LogP contribution in [0.4, 0.5) is 5.69 Å². The van der Waals surface area contributed by atoms with E-state index in [9.17, 15) is 9.59 Å². The second kappa shape index (κ2) is 8.10. The minimum absolute atomic E-state index is 0.132. The number of nitrogens with zero attached hydrogens (tertiary/aromatic N) is 1. The van der Waals surface area contributed by atoms with E-state index in [2.05, 4.69) is 27.9 Å². The standard InChI is InChI=1S/C20H24N4O2/c1-13-4-3-5-16(20(26)23-17-8-11-22-12-14(17)2)18(13)24-19(25)15-6-9-21-10-7-15/h3-7,9-10,14,17,22H,8,11-12H2,1-2H3,(H,23,26)(H,24,25). The van der Waals surface area contributed by atoms with E-state index in [4.69, 9.17) is 0 Å². The summed E-state index contributed by atoms with van der Waals surface area (Å²) in [5.74, 6) is -0.0455. The normalized spacial score (nSPS) is 19.6. The van der Waals surface area contributed by atoms with Crippen molar-refractivity contribution in [2.75, 3.05) is 18.4 Å². The smallest absolute Gasteiger partial charge is 0.255 e. The van der Waals surface area contributed by atoms with E-state index < -0.39 is 0 Å². The van der Waals surface area contributed by atoms with E-state index in [1.54, 1.807) is 30.6 Å².